The van der Waals surface area contributed by atoms with Crippen LogP contribution in [0.4, 0.5) is 0 Å². The summed E-state index contributed by atoms with van der Waals surface area (Å²) in [6.45, 7) is 2.59. The smallest absolute Gasteiger partial charge is 0.550 e. The van der Waals surface area contributed by atoms with Crippen LogP contribution in [-0.4, -0.2) is 24.6 Å². The van der Waals surface area contributed by atoms with E-state index in [1.165, 1.54) is 51.4 Å². The maximum absolute atomic E-state index is 11.5. The molecule has 0 bridgehead atoms. The normalized spacial score (nSPS) is 11.6. The van der Waals surface area contributed by atoms with Crippen molar-refractivity contribution in [1.29, 1.82) is 0 Å². The number of hydrogen-bond donors (Lipinski definition) is 1. The maximum atomic E-state index is 11.5. The number of hydrogen-bond acceptors (Lipinski definition) is 5. The molecule has 130 valence electrons. The van der Waals surface area contributed by atoms with Gasteiger partial charge in [-0.2, -0.15) is 0 Å². The van der Waals surface area contributed by atoms with Crippen LogP contribution < -0.4 is 40.4 Å². The van der Waals surface area contributed by atoms with Crippen molar-refractivity contribution in [1.82, 2.24) is 0 Å². The molecule has 2 N–H and O–H groups in total. The summed E-state index contributed by atoms with van der Waals surface area (Å²) < 4.78 is 5.03. The molecule has 1 atom stereocenters. The molecule has 0 saturated heterocycles. The monoisotopic (exact) mass is 337 g/mol. The summed E-state index contributed by atoms with van der Waals surface area (Å²) in [7, 11) is 0. The van der Waals surface area contributed by atoms with E-state index in [4.69, 9.17) is 10.5 Å². The van der Waals surface area contributed by atoms with E-state index in [-0.39, 0.29) is 42.4 Å². The summed E-state index contributed by atoms with van der Waals surface area (Å²) in [6.07, 6.45) is 12.1. The molecule has 0 aromatic carbocycles. The van der Waals surface area contributed by atoms with Gasteiger partial charge < -0.3 is 20.4 Å². The van der Waals surface area contributed by atoms with Crippen molar-refractivity contribution in [2.45, 2.75) is 90.0 Å². The van der Waals surface area contributed by atoms with Crippen molar-refractivity contribution in [3.05, 3.63) is 0 Å². The van der Waals surface area contributed by atoms with Crippen LogP contribution >= 0.6 is 0 Å². The molecular formula is C17H32NNaO4. The Morgan fingerprint density at radius 2 is 1.43 bits per heavy atom. The third kappa shape index (κ3) is 18.1. The van der Waals surface area contributed by atoms with Gasteiger partial charge in [0.25, 0.3) is 0 Å². The van der Waals surface area contributed by atoms with Gasteiger partial charge in [0.05, 0.1) is 6.61 Å². The second-order valence-electron chi connectivity index (χ2n) is 5.87. The standard InChI is InChI=1S/C17H33NO4.Na/c1-2-3-4-5-6-7-8-9-10-11-14-22-17(21)15(18)12-13-16(19)20;/h15H,2-14,18H2,1H3,(H,19,20);/q;+1/p-1/t15-;/m0./s1. The Labute approximate surface area is 163 Å². The SMILES string of the molecule is CCCCCCCCCCCCOC(=O)[C@@H](N)CCC(=O)[O-].[Na+]. The summed E-state index contributed by atoms with van der Waals surface area (Å²) in [5, 5.41) is 10.3. The number of rotatable bonds is 15. The van der Waals surface area contributed by atoms with E-state index in [0.29, 0.717) is 6.61 Å². The zero-order chi connectivity index (χ0) is 16.6. The average molecular weight is 337 g/mol. The molecule has 0 rings (SSSR count). The molecule has 0 aliphatic heterocycles. The number of carboxylic acid groups (broad SMARTS) is 1. The molecule has 0 aromatic heterocycles. The molecule has 0 unspecified atom stereocenters. The van der Waals surface area contributed by atoms with Crippen molar-refractivity contribution in [2.24, 2.45) is 5.73 Å². The van der Waals surface area contributed by atoms with Gasteiger partial charge in [0.15, 0.2) is 0 Å². The number of unbranched alkanes of at least 4 members (excludes halogenated alkanes) is 9. The number of carbonyl (C=O) groups excluding carboxylic acids is 2. The van der Waals surface area contributed by atoms with Crippen LogP contribution in [0.5, 0.6) is 0 Å². The Balaban J connectivity index is 0. The molecule has 6 heteroatoms. The van der Waals surface area contributed by atoms with E-state index in [2.05, 4.69) is 6.92 Å². The van der Waals surface area contributed by atoms with Gasteiger partial charge in [0.1, 0.15) is 6.04 Å². The number of carboxylic acids is 1. The molecule has 0 aliphatic carbocycles. The van der Waals surface area contributed by atoms with Crippen LogP contribution in [0, 0.1) is 0 Å². The molecule has 0 spiro atoms. The van der Waals surface area contributed by atoms with Gasteiger partial charge >= 0.3 is 35.5 Å². The van der Waals surface area contributed by atoms with Crippen LogP contribution in [0.3, 0.4) is 0 Å². The number of esters is 1. The van der Waals surface area contributed by atoms with Gasteiger partial charge in [-0.15, -0.1) is 0 Å². The Bertz CT molecular complexity index is 300. The van der Waals surface area contributed by atoms with Gasteiger partial charge in [-0.05, 0) is 19.3 Å². The van der Waals surface area contributed by atoms with E-state index >= 15 is 0 Å². The Kier molecular flexibility index (Phi) is 19.9. The summed E-state index contributed by atoms with van der Waals surface area (Å²) >= 11 is 0. The van der Waals surface area contributed by atoms with Gasteiger partial charge in [0.2, 0.25) is 0 Å². The molecule has 5 nitrogen and oxygen atoms in total. The first kappa shape index (κ1) is 25.1. The van der Waals surface area contributed by atoms with Gasteiger partial charge in [-0.25, -0.2) is 0 Å². The molecule has 0 amide bonds. The van der Waals surface area contributed by atoms with Crippen molar-refractivity contribution >= 4 is 11.9 Å². The van der Waals surface area contributed by atoms with Gasteiger partial charge in [-0.1, -0.05) is 64.7 Å². The topological polar surface area (TPSA) is 92.5 Å². The van der Waals surface area contributed by atoms with Crippen molar-refractivity contribution in [3.8, 4) is 0 Å². The molecule has 0 heterocycles. The summed E-state index contributed by atoms with van der Waals surface area (Å²) in [5.74, 6) is -1.71. The molecule has 0 saturated carbocycles. The van der Waals surface area contributed by atoms with E-state index in [9.17, 15) is 14.7 Å². The number of aliphatic carboxylic acids is 1. The van der Waals surface area contributed by atoms with Crippen molar-refractivity contribution in [2.75, 3.05) is 6.61 Å². The minimum Gasteiger partial charge on any atom is -0.550 e. The Morgan fingerprint density at radius 1 is 0.957 bits per heavy atom. The van der Waals surface area contributed by atoms with Crippen LogP contribution in [0.15, 0.2) is 0 Å². The molecule has 0 radical (unpaired) electrons. The minimum atomic E-state index is -1.20. The summed E-state index contributed by atoms with van der Waals surface area (Å²) in [6, 6.07) is -0.860. The fourth-order valence-electron chi connectivity index (χ4n) is 2.26. The van der Waals surface area contributed by atoms with Crippen LogP contribution in [0.25, 0.3) is 0 Å². The van der Waals surface area contributed by atoms with E-state index in [0.717, 1.165) is 12.8 Å². The number of carbonyl (C=O) groups is 2. The molecule has 0 fully saturated rings. The summed E-state index contributed by atoms with van der Waals surface area (Å²) in [4.78, 5) is 21.7. The first-order valence-corrected chi connectivity index (χ1v) is 8.70. The average Bonchev–Trinajstić information content (AvgIpc) is 2.49. The zero-order valence-corrected chi connectivity index (χ0v) is 17.0. The third-order valence-electron chi connectivity index (χ3n) is 3.70. The third-order valence-corrected chi connectivity index (χ3v) is 3.70. The van der Waals surface area contributed by atoms with Gasteiger partial charge in [-0.3, -0.25) is 4.79 Å². The zero-order valence-electron chi connectivity index (χ0n) is 15.0. The van der Waals surface area contributed by atoms with Crippen molar-refractivity contribution in [3.63, 3.8) is 0 Å². The first-order valence-electron chi connectivity index (χ1n) is 8.70. The largest absolute Gasteiger partial charge is 1.00 e. The fraction of sp³-hybridized carbons (Fsp3) is 0.882. The molecule has 0 aliphatic rings. The molecule has 0 aromatic rings. The van der Waals surface area contributed by atoms with Gasteiger partial charge in [0, 0.05) is 5.97 Å². The molecule has 23 heavy (non-hydrogen) atoms. The van der Waals surface area contributed by atoms with E-state index in [1.54, 1.807) is 0 Å². The summed E-state index contributed by atoms with van der Waals surface area (Å²) in [5.41, 5.74) is 5.53. The predicted octanol–water partition coefficient (Wildman–Crippen LogP) is -0.688. The van der Waals surface area contributed by atoms with E-state index in [1.807, 2.05) is 0 Å². The fourth-order valence-corrected chi connectivity index (χ4v) is 2.26. The maximum Gasteiger partial charge on any atom is 1.00 e. The predicted molar refractivity (Wildman–Crippen MR) is 85.0 cm³/mol. The van der Waals surface area contributed by atoms with Crippen molar-refractivity contribution < 1.29 is 49.0 Å². The minimum absolute atomic E-state index is 0. The quantitative estimate of drug-likeness (QED) is 0.243. The number of nitrogens with two attached hydrogens (primary N) is 1. The Morgan fingerprint density at radius 3 is 1.91 bits per heavy atom. The van der Waals surface area contributed by atoms with E-state index < -0.39 is 18.0 Å². The number of ether oxygens (including phenoxy) is 1. The van der Waals surface area contributed by atoms with Crippen LogP contribution in [-0.2, 0) is 14.3 Å². The van der Waals surface area contributed by atoms with Crippen LogP contribution in [0.1, 0.15) is 84.0 Å². The molecular weight excluding hydrogens is 305 g/mol. The second-order valence-corrected chi connectivity index (χ2v) is 5.87. The van der Waals surface area contributed by atoms with Crippen LogP contribution in [0.2, 0.25) is 0 Å². The first-order chi connectivity index (χ1) is 10.6. The second kappa shape index (κ2) is 18.2. The Hall–Kier alpha value is -0.100.